The molecule has 8 nitrogen and oxygen atoms in total. The number of rotatable bonds is 6. The van der Waals surface area contributed by atoms with Crippen LogP contribution in [0.3, 0.4) is 0 Å². The van der Waals surface area contributed by atoms with Gasteiger partial charge in [0.05, 0.1) is 16.9 Å². The Morgan fingerprint density at radius 2 is 1.96 bits per heavy atom. The van der Waals surface area contributed by atoms with Crippen molar-refractivity contribution in [3.8, 4) is 6.01 Å². The second-order valence-corrected chi connectivity index (χ2v) is 8.10. The summed E-state index contributed by atoms with van der Waals surface area (Å²) in [5.74, 6) is -1.45. The molecule has 0 radical (unpaired) electrons. The quantitative estimate of drug-likeness (QED) is 0.613. The predicted octanol–water partition coefficient (Wildman–Crippen LogP) is 2.80. The molecule has 27 heavy (non-hydrogen) atoms. The van der Waals surface area contributed by atoms with Crippen LogP contribution >= 0.6 is 15.9 Å². The molecule has 2 aromatic heterocycles. The second-order valence-electron chi connectivity index (χ2n) is 5.65. The van der Waals surface area contributed by atoms with Crippen molar-refractivity contribution in [1.29, 1.82) is 0 Å². The van der Waals surface area contributed by atoms with E-state index in [1.807, 2.05) is 31.2 Å². The van der Waals surface area contributed by atoms with E-state index in [4.69, 9.17) is 4.74 Å². The van der Waals surface area contributed by atoms with E-state index in [0.29, 0.717) is 0 Å². The van der Waals surface area contributed by atoms with Gasteiger partial charge in [-0.25, -0.2) is 9.37 Å². The second kappa shape index (κ2) is 7.61. The number of aromatic nitrogens is 4. The molecule has 0 fully saturated rings. The topological polar surface area (TPSA) is 99.0 Å². The standard InChI is InChI=1S/C16H15BrFN5O3S/c1-10-3-5-11(6-4-10)9-26-16-19-8-13(18)14(21-16)22-27(24,25)15-12(17)7-20-23(15)2/h3-8H,9H2,1-2H3,(H,19,21,22). The molecule has 2 heterocycles. The number of halogens is 2. The molecule has 0 saturated carbocycles. The summed E-state index contributed by atoms with van der Waals surface area (Å²) < 4.78 is 47.9. The van der Waals surface area contributed by atoms with E-state index in [-0.39, 0.29) is 22.1 Å². The van der Waals surface area contributed by atoms with Crippen molar-refractivity contribution < 1.29 is 17.5 Å². The van der Waals surface area contributed by atoms with Gasteiger partial charge in [-0.05, 0) is 28.4 Å². The molecule has 0 aliphatic carbocycles. The third-order valence-electron chi connectivity index (χ3n) is 3.54. The van der Waals surface area contributed by atoms with E-state index in [1.165, 1.54) is 13.2 Å². The van der Waals surface area contributed by atoms with Gasteiger partial charge in [-0.15, -0.1) is 0 Å². The van der Waals surface area contributed by atoms with Crippen LogP contribution in [0, 0.1) is 12.7 Å². The number of sulfonamides is 1. The van der Waals surface area contributed by atoms with Crippen LogP contribution in [0.1, 0.15) is 11.1 Å². The number of nitrogens with zero attached hydrogens (tertiary/aromatic N) is 4. The number of hydrogen-bond acceptors (Lipinski definition) is 6. The Bertz CT molecular complexity index is 1050. The lowest BCUT2D eigenvalue weighted by Gasteiger charge is -2.10. The van der Waals surface area contributed by atoms with Gasteiger partial charge in [0, 0.05) is 7.05 Å². The fourth-order valence-electron chi connectivity index (χ4n) is 2.20. The summed E-state index contributed by atoms with van der Waals surface area (Å²) in [5, 5.41) is 3.67. The highest BCUT2D eigenvalue weighted by molar-refractivity contribution is 9.10. The molecule has 3 rings (SSSR count). The van der Waals surface area contributed by atoms with Gasteiger partial charge in [0.25, 0.3) is 10.0 Å². The van der Waals surface area contributed by atoms with Gasteiger partial charge in [-0.1, -0.05) is 29.8 Å². The smallest absolute Gasteiger partial charge is 0.318 e. The molecular weight excluding hydrogens is 441 g/mol. The third kappa shape index (κ3) is 4.42. The lowest BCUT2D eigenvalue weighted by atomic mass is 10.2. The number of ether oxygens (including phenoxy) is 1. The zero-order valence-corrected chi connectivity index (χ0v) is 16.8. The van der Waals surface area contributed by atoms with Gasteiger partial charge in [-0.3, -0.25) is 9.40 Å². The molecule has 0 aliphatic heterocycles. The number of benzene rings is 1. The number of nitrogens with one attached hydrogen (secondary N) is 1. The Morgan fingerprint density at radius 3 is 2.59 bits per heavy atom. The Kier molecular flexibility index (Phi) is 5.42. The molecule has 0 aliphatic rings. The fourth-order valence-corrected chi connectivity index (χ4v) is 4.39. The monoisotopic (exact) mass is 455 g/mol. The third-order valence-corrected chi connectivity index (χ3v) is 5.84. The van der Waals surface area contributed by atoms with Crippen LogP contribution in [-0.4, -0.2) is 28.2 Å². The van der Waals surface area contributed by atoms with Gasteiger partial charge in [0.2, 0.25) is 0 Å². The van der Waals surface area contributed by atoms with Crippen LogP contribution in [0.4, 0.5) is 10.2 Å². The first-order chi connectivity index (χ1) is 12.8. The molecule has 1 N–H and O–H groups in total. The van der Waals surface area contributed by atoms with Crippen molar-refractivity contribution in [3.05, 3.63) is 58.1 Å². The molecule has 1 aromatic carbocycles. The van der Waals surface area contributed by atoms with E-state index < -0.39 is 21.7 Å². The largest absolute Gasteiger partial charge is 0.459 e. The minimum absolute atomic E-state index is 0.154. The Labute approximate surface area is 163 Å². The Balaban J connectivity index is 1.80. The van der Waals surface area contributed by atoms with Crippen molar-refractivity contribution in [1.82, 2.24) is 19.7 Å². The summed E-state index contributed by atoms with van der Waals surface area (Å²) in [6.07, 6.45) is 2.16. The Hall–Kier alpha value is -2.53. The first-order valence-corrected chi connectivity index (χ1v) is 9.95. The average molecular weight is 456 g/mol. The van der Waals surface area contributed by atoms with Crippen molar-refractivity contribution >= 4 is 31.8 Å². The maximum Gasteiger partial charge on any atom is 0.318 e. The SMILES string of the molecule is Cc1ccc(COc2ncc(F)c(NS(=O)(=O)c3c(Br)cnn3C)n2)cc1. The highest BCUT2D eigenvalue weighted by Gasteiger charge is 2.25. The molecule has 11 heteroatoms. The van der Waals surface area contributed by atoms with E-state index in [1.54, 1.807) is 0 Å². The molecule has 0 spiro atoms. The van der Waals surface area contributed by atoms with Crippen LogP contribution in [0.2, 0.25) is 0 Å². The predicted molar refractivity (Wildman–Crippen MR) is 99.2 cm³/mol. The fraction of sp³-hybridized carbons (Fsp3) is 0.188. The van der Waals surface area contributed by atoms with E-state index in [0.717, 1.165) is 22.0 Å². The van der Waals surface area contributed by atoms with Crippen LogP contribution in [0.25, 0.3) is 0 Å². The van der Waals surface area contributed by atoms with E-state index >= 15 is 0 Å². The van der Waals surface area contributed by atoms with E-state index in [2.05, 4.69) is 35.7 Å². The molecule has 0 atom stereocenters. The first-order valence-electron chi connectivity index (χ1n) is 7.67. The molecule has 3 aromatic rings. The normalized spacial score (nSPS) is 11.4. The van der Waals surface area contributed by atoms with Crippen LogP contribution in [0.15, 0.2) is 46.2 Å². The lowest BCUT2D eigenvalue weighted by molar-refractivity contribution is 0.280. The maximum atomic E-state index is 14.0. The summed E-state index contributed by atoms with van der Waals surface area (Å²) in [6, 6.07) is 7.45. The summed E-state index contributed by atoms with van der Waals surface area (Å²) >= 11 is 3.10. The summed E-state index contributed by atoms with van der Waals surface area (Å²) in [6.45, 7) is 2.12. The lowest BCUT2D eigenvalue weighted by Crippen LogP contribution is -2.19. The van der Waals surface area contributed by atoms with Gasteiger partial charge in [0.15, 0.2) is 16.7 Å². The first kappa shape index (κ1) is 19.2. The Morgan fingerprint density at radius 1 is 1.26 bits per heavy atom. The number of aryl methyl sites for hydroxylation is 2. The van der Waals surface area contributed by atoms with E-state index in [9.17, 15) is 12.8 Å². The van der Waals surface area contributed by atoms with Gasteiger partial charge in [-0.2, -0.15) is 18.5 Å². The highest BCUT2D eigenvalue weighted by atomic mass is 79.9. The molecule has 0 amide bonds. The van der Waals surface area contributed by atoms with Crippen molar-refractivity contribution in [2.45, 2.75) is 18.6 Å². The van der Waals surface area contributed by atoms with Gasteiger partial charge >= 0.3 is 6.01 Å². The summed E-state index contributed by atoms with van der Waals surface area (Å²) in [5.41, 5.74) is 1.98. The van der Waals surface area contributed by atoms with Crippen LogP contribution < -0.4 is 9.46 Å². The summed E-state index contributed by atoms with van der Waals surface area (Å²) in [4.78, 5) is 7.55. The molecule has 0 bridgehead atoms. The molecular formula is C16H15BrFN5O3S. The summed E-state index contributed by atoms with van der Waals surface area (Å²) in [7, 11) is -2.67. The molecule has 142 valence electrons. The van der Waals surface area contributed by atoms with Gasteiger partial charge in [0.1, 0.15) is 6.61 Å². The average Bonchev–Trinajstić information content (AvgIpc) is 2.96. The maximum absolute atomic E-state index is 14.0. The van der Waals surface area contributed by atoms with Gasteiger partial charge < -0.3 is 4.74 Å². The minimum atomic E-state index is -4.12. The van der Waals surface area contributed by atoms with Crippen LogP contribution in [0.5, 0.6) is 6.01 Å². The van der Waals surface area contributed by atoms with Crippen molar-refractivity contribution in [2.75, 3.05) is 4.72 Å². The molecule has 0 unspecified atom stereocenters. The van der Waals surface area contributed by atoms with Crippen molar-refractivity contribution in [2.24, 2.45) is 7.05 Å². The highest BCUT2D eigenvalue weighted by Crippen LogP contribution is 2.24. The zero-order chi connectivity index (χ0) is 19.6. The minimum Gasteiger partial charge on any atom is -0.459 e. The number of hydrogen-bond donors (Lipinski definition) is 1. The zero-order valence-electron chi connectivity index (χ0n) is 14.3. The van der Waals surface area contributed by atoms with Crippen LogP contribution in [-0.2, 0) is 23.7 Å². The molecule has 0 saturated heterocycles. The van der Waals surface area contributed by atoms with Crippen molar-refractivity contribution in [3.63, 3.8) is 0 Å². The number of anilines is 1.